The van der Waals surface area contributed by atoms with Crippen molar-refractivity contribution in [3.8, 4) is 10.8 Å². The van der Waals surface area contributed by atoms with Crippen LogP contribution < -0.4 is 9.47 Å². The van der Waals surface area contributed by atoms with Crippen molar-refractivity contribution in [2.45, 2.75) is 0 Å². The van der Waals surface area contributed by atoms with Gasteiger partial charge in [0.1, 0.15) is 0 Å². The normalized spacial score (nSPS) is 9.42. The van der Waals surface area contributed by atoms with E-state index in [0.29, 0.717) is 10.8 Å². The summed E-state index contributed by atoms with van der Waals surface area (Å²) in [4.78, 5) is 10.1. The van der Waals surface area contributed by atoms with Crippen molar-refractivity contribution < 1.29 is 19.4 Å². The molecule has 1 rings (SSSR count). The van der Waals surface area contributed by atoms with Crippen LogP contribution in [0.2, 0.25) is 0 Å². The van der Waals surface area contributed by atoms with Crippen molar-refractivity contribution in [3.63, 3.8) is 0 Å². The quantitative estimate of drug-likeness (QED) is 0.771. The molecule has 0 spiro atoms. The van der Waals surface area contributed by atoms with Gasteiger partial charge in [0, 0.05) is 0 Å². The third-order valence-corrected chi connectivity index (χ3v) is 1.95. The lowest BCUT2D eigenvalue weighted by Crippen LogP contribution is -2.08. The van der Waals surface area contributed by atoms with E-state index in [-0.39, 0.29) is 6.61 Å². The highest BCUT2D eigenvalue weighted by Gasteiger charge is 2.06. The zero-order valence-electron chi connectivity index (χ0n) is 6.44. The summed E-state index contributed by atoms with van der Waals surface area (Å²) in [5.41, 5.74) is 0. The van der Waals surface area contributed by atoms with Gasteiger partial charge < -0.3 is 14.6 Å². The average Bonchev–Trinajstić information content (AvgIpc) is 2.47. The molecule has 0 saturated carbocycles. The molecule has 1 aromatic heterocycles. The van der Waals surface area contributed by atoms with Gasteiger partial charge in [0.25, 0.3) is 0 Å². The number of ether oxygens (including phenoxy) is 2. The number of carboxylic acids is 1. The third-order valence-electron chi connectivity index (χ3n) is 1.14. The van der Waals surface area contributed by atoms with Crippen molar-refractivity contribution in [3.05, 3.63) is 11.4 Å². The molecule has 0 radical (unpaired) electrons. The molecule has 0 atom stereocenters. The summed E-state index contributed by atoms with van der Waals surface area (Å²) in [6, 6.07) is 1.72. The molecule has 0 aromatic carbocycles. The molecule has 0 amide bonds. The summed E-state index contributed by atoms with van der Waals surface area (Å²) in [6.07, 6.45) is 0. The lowest BCUT2D eigenvalue weighted by molar-refractivity contribution is -0.139. The molecule has 5 heteroatoms. The van der Waals surface area contributed by atoms with Gasteiger partial charge >= 0.3 is 5.97 Å². The minimum absolute atomic E-state index is 0.336. The molecule has 0 fully saturated rings. The number of carboxylic acid groups (broad SMARTS) is 1. The Morgan fingerprint density at radius 2 is 2.50 bits per heavy atom. The monoisotopic (exact) mass is 188 g/mol. The van der Waals surface area contributed by atoms with Gasteiger partial charge in [-0.25, -0.2) is 4.79 Å². The van der Waals surface area contributed by atoms with Crippen LogP contribution in [-0.4, -0.2) is 24.8 Å². The number of methoxy groups -OCH3 is 1. The maximum absolute atomic E-state index is 10.1. The molecular formula is C7H8O4S. The van der Waals surface area contributed by atoms with E-state index in [1.807, 2.05) is 0 Å². The van der Waals surface area contributed by atoms with Crippen molar-refractivity contribution in [2.75, 3.05) is 13.7 Å². The van der Waals surface area contributed by atoms with Gasteiger partial charge in [-0.3, -0.25) is 0 Å². The predicted molar refractivity (Wildman–Crippen MR) is 44.0 cm³/mol. The fourth-order valence-electron chi connectivity index (χ4n) is 0.668. The fourth-order valence-corrected chi connectivity index (χ4v) is 1.38. The second-order valence-corrected chi connectivity index (χ2v) is 2.84. The Morgan fingerprint density at radius 3 is 3.08 bits per heavy atom. The molecule has 4 nitrogen and oxygen atoms in total. The smallest absolute Gasteiger partial charge is 0.341 e. The Balaban J connectivity index is 2.56. The number of thiophene rings is 1. The molecule has 0 aliphatic carbocycles. The van der Waals surface area contributed by atoms with Crippen LogP contribution in [0.15, 0.2) is 11.4 Å². The van der Waals surface area contributed by atoms with E-state index in [0.717, 1.165) is 0 Å². The first-order valence-corrected chi connectivity index (χ1v) is 4.08. The lowest BCUT2D eigenvalue weighted by Gasteiger charge is -2.01. The van der Waals surface area contributed by atoms with Gasteiger partial charge in [0.05, 0.1) is 7.11 Å². The van der Waals surface area contributed by atoms with E-state index >= 15 is 0 Å². The van der Waals surface area contributed by atoms with Crippen molar-refractivity contribution in [2.24, 2.45) is 0 Å². The highest BCUT2D eigenvalue weighted by Crippen LogP contribution is 2.32. The largest absolute Gasteiger partial charge is 0.492 e. The van der Waals surface area contributed by atoms with Crippen LogP contribution in [0.5, 0.6) is 10.8 Å². The summed E-state index contributed by atoms with van der Waals surface area (Å²) in [5.74, 6) is -0.424. The van der Waals surface area contributed by atoms with Gasteiger partial charge in [-0.05, 0) is 11.4 Å². The number of aliphatic carboxylic acids is 1. The minimum Gasteiger partial charge on any atom is -0.492 e. The van der Waals surface area contributed by atoms with Crippen molar-refractivity contribution in [1.82, 2.24) is 0 Å². The van der Waals surface area contributed by atoms with Crippen LogP contribution in [-0.2, 0) is 4.79 Å². The van der Waals surface area contributed by atoms with Gasteiger partial charge in [-0.15, -0.1) is 11.3 Å². The van der Waals surface area contributed by atoms with Crippen LogP contribution in [0.4, 0.5) is 0 Å². The van der Waals surface area contributed by atoms with Crippen LogP contribution in [0.3, 0.4) is 0 Å². The van der Waals surface area contributed by atoms with E-state index in [2.05, 4.69) is 0 Å². The highest BCUT2D eigenvalue weighted by atomic mass is 32.1. The van der Waals surface area contributed by atoms with Gasteiger partial charge in [-0.1, -0.05) is 0 Å². The van der Waals surface area contributed by atoms with E-state index in [9.17, 15) is 4.79 Å². The summed E-state index contributed by atoms with van der Waals surface area (Å²) in [5, 5.41) is 10.6. The van der Waals surface area contributed by atoms with E-state index in [1.54, 1.807) is 11.4 Å². The maximum atomic E-state index is 10.1. The molecule has 0 saturated heterocycles. The molecular weight excluding hydrogens is 180 g/mol. The Bertz CT molecular complexity index is 268. The Kier molecular flexibility index (Phi) is 2.93. The van der Waals surface area contributed by atoms with Crippen LogP contribution in [0.25, 0.3) is 0 Å². The fraction of sp³-hybridized carbons (Fsp3) is 0.286. The molecule has 0 unspecified atom stereocenters. The average molecular weight is 188 g/mol. The van der Waals surface area contributed by atoms with Gasteiger partial charge in [-0.2, -0.15) is 0 Å². The van der Waals surface area contributed by atoms with Crippen LogP contribution >= 0.6 is 11.3 Å². The van der Waals surface area contributed by atoms with Crippen LogP contribution in [0.1, 0.15) is 0 Å². The highest BCUT2D eigenvalue weighted by molar-refractivity contribution is 7.12. The molecule has 0 aliphatic rings. The second-order valence-electron chi connectivity index (χ2n) is 1.96. The van der Waals surface area contributed by atoms with E-state index < -0.39 is 5.97 Å². The van der Waals surface area contributed by atoms with Gasteiger partial charge in [0.2, 0.25) is 5.06 Å². The lowest BCUT2D eigenvalue weighted by atomic mass is 10.6. The first-order valence-electron chi connectivity index (χ1n) is 3.20. The molecule has 1 aromatic rings. The minimum atomic E-state index is -0.995. The maximum Gasteiger partial charge on any atom is 0.341 e. The zero-order valence-corrected chi connectivity index (χ0v) is 7.26. The Morgan fingerprint density at radius 1 is 1.75 bits per heavy atom. The Labute approximate surface area is 73.3 Å². The Hall–Kier alpha value is -1.23. The van der Waals surface area contributed by atoms with E-state index in [1.165, 1.54) is 18.4 Å². The van der Waals surface area contributed by atoms with Crippen molar-refractivity contribution >= 4 is 17.3 Å². The van der Waals surface area contributed by atoms with E-state index in [4.69, 9.17) is 14.6 Å². The topological polar surface area (TPSA) is 55.8 Å². The summed E-state index contributed by atoms with van der Waals surface area (Å²) in [6.45, 7) is -0.336. The number of hydrogen-bond donors (Lipinski definition) is 1. The second kappa shape index (κ2) is 3.96. The first kappa shape index (κ1) is 8.86. The standard InChI is InChI=1S/C7H8O4S/c1-10-5-2-3-12-7(5)11-4-6(8)9/h2-3H,4H2,1H3,(H,8,9). The predicted octanol–water partition coefficient (Wildman–Crippen LogP) is 1.22. The first-order chi connectivity index (χ1) is 5.74. The molecule has 0 aliphatic heterocycles. The summed E-state index contributed by atoms with van der Waals surface area (Å²) in [7, 11) is 1.51. The molecule has 66 valence electrons. The third kappa shape index (κ3) is 2.13. The SMILES string of the molecule is COc1ccsc1OCC(=O)O. The number of carbonyl (C=O) groups is 1. The van der Waals surface area contributed by atoms with Crippen molar-refractivity contribution in [1.29, 1.82) is 0 Å². The zero-order chi connectivity index (χ0) is 8.97. The molecule has 1 heterocycles. The van der Waals surface area contributed by atoms with Gasteiger partial charge in [0.15, 0.2) is 12.4 Å². The number of rotatable bonds is 4. The van der Waals surface area contributed by atoms with Crippen LogP contribution in [0, 0.1) is 0 Å². The summed E-state index contributed by atoms with van der Waals surface area (Å²) >= 11 is 1.31. The number of hydrogen-bond acceptors (Lipinski definition) is 4. The summed E-state index contributed by atoms with van der Waals surface area (Å²) < 4.78 is 9.83. The molecule has 0 bridgehead atoms. The molecule has 1 N–H and O–H groups in total. The molecule has 12 heavy (non-hydrogen) atoms.